The molecule has 1 nitrogen and oxygen atoms in total. The summed E-state index contributed by atoms with van der Waals surface area (Å²) in [5.74, 6) is 0. The number of aryl methyl sites for hydroxylation is 2. The number of para-hydroxylation sites is 1. The SMILES string of the molecule is CC(=Nc1c(C)cccc1C)C(Br)C(C)(C)C. The van der Waals surface area contributed by atoms with E-state index in [1.807, 2.05) is 0 Å². The molecule has 17 heavy (non-hydrogen) atoms. The van der Waals surface area contributed by atoms with E-state index in [-0.39, 0.29) is 5.41 Å². The van der Waals surface area contributed by atoms with E-state index in [2.05, 4.69) is 75.7 Å². The Labute approximate surface area is 113 Å². The number of aliphatic imine (C=N–C) groups is 1. The second-order valence-corrected chi connectivity index (χ2v) is 6.64. The molecule has 0 aliphatic rings. The molecule has 1 aromatic carbocycles. The van der Waals surface area contributed by atoms with Crippen molar-refractivity contribution in [3.63, 3.8) is 0 Å². The second kappa shape index (κ2) is 5.34. The van der Waals surface area contributed by atoms with Crippen molar-refractivity contribution in [3.05, 3.63) is 29.3 Å². The van der Waals surface area contributed by atoms with Gasteiger partial charge in [-0.2, -0.15) is 0 Å². The molecule has 1 aromatic rings. The first-order valence-corrected chi connectivity index (χ1v) is 6.90. The van der Waals surface area contributed by atoms with Gasteiger partial charge in [0.2, 0.25) is 0 Å². The highest BCUT2D eigenvalue weighted by Gasteiger charge is 2.24. The molecule has 0 fully saturated rings. The van der Waals surface area contributed by atoms with Crippen molar-refractivity contribution in [2.75, 3.05) is 0 Å². The van der Waals surface area contributed by atoms with Gasteiger partial charge in [-0.05, 0) is 37.3 Å². The maximum Gasteiger partial charge on any atom is 0.0687 e. The summed E-state index contributed by atoms with van der Waals surface area (Å²) in [6.45, 7) is 13.0. The molecule has 2 heteroatoms. The van der Waals surface area contributed by atoms with Crippen LogP contribution in [0.15, 0.2) is 23.2 Å². The Morgan fingerprint density at radius 2 is 1.65 bits per heavy atom. The molecule has 0 amide bonds. The Hall–Kier alpha value is -0.630. The van der Waals surface area contributed by atoms with Crippen LogP contribution in [0.3, 0.4) is 0 Å². The third kappa shape index (κ3) is 3.67. The monoisotopic (exact) mass is 295 g/mol. The van der Waals surface area contributed by atoms with Crippen molar-refractivity contribution >= 4 is 27.3 Å². The normalized spacial score (nSPS) is 14.9. The molecule has 1 atom stereocenters. The zero-order valence-electron chi connectivity index (χ0n) is 11.6. The molecule has 1 rings (SSSR count). The Morgan fingerprint density at radius 1 is 1.18 bits per heavy atom. The van der Waals surface area contributed by atoms with Gasteiger partial charge in [0.25, 0.3) is 0 Å². The largest absolute Gasteiger partial charge is 0.256 e. The molecular formula is C15H22BrN. The summed E-state index contributed by atoms with van der Waals surface area (Å²) < 4.78 is 0. The standard InChI is InChI=1S/C15H22BrN/c1-10-8-7-9-11(2)13(10)17-12(3)14(16)15(4,5)6/h7-9,14H,1-6H3. The Bertz CT molecular complexity index is 407. The quantitative estimate of drug-likeness (QED) is 0.525. The van der Waals surface area contributed by atoms with Gasteiger partial charge in [-0.1, -0.05) is 54.9 Å². The number of alkyl halides is 1. The van der Waals surface area contributed by atoms with Crippen molar-refractivity contribution < 1.29 is 0 Å². The maximum atomic E-state index is 4.79. The molecular weight excluding hydrogens is 274 g/mol. The van der Waals surface area contributed by atoms with Gasteiger partial charge < -0.3 is 0 Å². The highest BCUT2D eigenvalue weighted by atomic mass is 79.9. The smallest absolute Gasteiger partial charge is 0.0687 e. The van der Waals surface area contributed by atoms with Crippen LogP contribution in [0.5, 0.6) is 0 Å². The Balaban J connectivity index is 3.11. The summed E-state index contributed by atoms with van der Waals surface area (Å²) in [7, 11) is 0. The van der Waals surface area contributed by atoms with Crippen LogP contribution in [-0.2, 0) is 0 Å². The van der Waals surface area contributed by atoms with Gasteiger partial charge in [0, 0.05) is 5.71 Å². The van der Waals surface area contributed by atoms with E-state index in [0.717, 1.165) is 11.4 Å². The van der Waals surface area contributed by atoms with E-state index in [4.69, 9.17) is 4.99 Å². The van der Waals surface area contributed by atoms with E-state index < -0.39 is 0 Å². The lowest BCUT2D eigenvalue weighted by Gasteiger charge is -2.25. The predicted octanol–water partition coefficient (Wildman–Crippen LogP) is 5.21. The van der Waals surface area contributed by atoms with E-state index >= 15 is 0 Å². The first-order chi connectivity index (χ1) is 7.73. The highest BCUT2D eigenvalue weighted by Crippen LogP contribution is 2.30. The predicted molar refractivity (Wildman–Crippen MR) is 80.9 cm³/mol. The second-order valence-electron chi connectivity index (χ2n) is 5.72. The molecule has 0 spiro atoms. The topological polar surface area (TPSA) is 12.4 Å². The van der Waals surface area contributed by atoms with Crippen molar-refractivity contribution in [3.8, 4) is 0 Å². The third-order valence-electron chi connectivity index (χ3n) is 2.85. The molecule has 0 aliphatic heterocycles. The van der Waals surface area contributed by atoms with Gasteiger partial charge in [-0.3, -0.25) is 4.99 Å². The summed E-state index contributed by atoms with van der Waals surface area (Å²) in [6.07, 6.45) is 0. The van der Waals surface area contributed by atoms with E-state index in [1.165, 1.54) is 11.1 Å². The maximum absolute atomic E-state index is 4.79. The first kappa shape index (κ1) is 14.4. The lowest BCUT2D eigenvalue weighted by Crippen LogP contribution is -2.27. The van der Waals surface area contributed by atoms with Crippen molar-refractivity contribution in [1.82, 2.24) is 0 Å². The zero-order chi connectivity index (χ0) is 13.2. The van der Waals surface area contributed by atoms with Gasteiger partial charge in [-0.15, -0.1) is 0 Å². The highest BCUT2D eigenvalue weighted by molar-refractivity contribution is 9.10. The molecule has 0 heterocycles. The number of hydrogen-bond acceptors (Lipinski definition) is 1. The van der Waals surface area contributed by atoms with Crippen molar-refractivity contribution in [2.24, 2.45) is 10.4 Å². The van der Waals surface area contributed by atoms with Crippen LogP contribution in [0.2, 0.25) is 0 Å². The average molecular weight is 296 g/mol. The third-order valence-corrected chi connectivity index (χ3v) is 4.89. The van der Waals surface area contributed by atoms with Gasteiger partial charge in [0.1, 0.15) is 0 Å². The molecule has 1 unspecified atom stereocenters. The van der Waals surface area contributed by atoms with E-state index in [9.17, 15) is 0 Å². The van der Waals surface area contributed by atoms with Crippen LogP contribution in [-0.4, -0.2) is 10.5 Å². The van der Waals surface area contributed by atoms with Gasteiger partial charge in [0.05, 0.1) is 10.5 Å². The molecule has 94 valence electrons. The number of rotatable bonds is 2. The van der Waals surface area contributed by atoms with Gasteiger partial charge >= 0.3 is 0 Å². The number of hydrogen-bond donors (Lipinski definition) is 0. The average Bonchev–Trinajstić information content (AvgIpc) is 2.21. The molecule has 0 aliphatic carbocycles. The van der Waals surface area contributed by atoms with Crippen LogP contribution in [0.4, 0.5) is 5.69 Å². The lowest BCUT2D eigenvalue weighted by atomic mass is 9.90. The minimum atomic E-state index is 0.185. The van der Waals surface area contributed by atoms with Gasteiger partial charge in [0.15, 0.2) is 0 Å². The minimum Gasteiger partial charge on any atom is -0.256 e. The van der Waals surface area contributed by atoms with E-state index in [0.29, 0.717) is 4.83 Å². The van der Waals surface area contributed by atoms with Crippen LogP contribution in [0, 0.1) is 19.3 Å². The van der Waals surface area contributed by atoms with Crippen LogP contribution in [0.1, 0.15) is 38.8 Å². The Kier molecular flexibility index (Phi) is 4.54. The van der Waals surface area contributed by atoms with Crippen molar-refractivity contribution in [2.45, 2.75) is 46.4 Å². The lowest BCUT2D eigenvalue weighted by molar-refractivity contribution is 0.449. The number of halogens is 1. The summed E-state index contributed by atoms with van der Waals surface area (Å²) >= 11 is 3.74. The molecule has 0 aromatic heterocycles. The summed E-state index contributed by atoms with van der Waals surface area (Å²) in [5.41, 5.74) is 4.90. The Morgan fingerprint density at radius 3 is 2.06 bits per heavy atom. The molecule has 0 saturated heterocycles. The van der Waals surface area contributed by atoms with Crippen molar-refractivity contribution in [1.29, 1.82) is 0 Å². The van der Waals surface area contributed by atoms with E-state index in [1.54, 1.807) is 0 Å². The van der Waals surface area contributed by atoms with Crippen LogP contribution >= 0.6 is 15.9 Å². The van der Waals surface area contributed by atoms with Crippen LogP contribution < -0.4 is 0 Å². The summed E-state index contributed by atoms with van der Waals surface area (Å²) in [4.78, 5) is 5.09. The van der Waals surface area contributed by atoms with Crippen LogP contribution in [0.25, 0.3) is 0 Å². The minimum absolute atomic E-state index is 0.185. The fourth-order valence-electron chi connectivity index (χ4n) is 1.84. The number of benzene rings is 1. The van der Waals surface area contributed by atoms with Gasteiger partial charge in [-0.25, -0.2) is 0 Å². The fourth-order valence-corrected chi connectivity index (χ4v) is 1.94. The first-order valence-electron chi connectivity index (χ1n) is 5.99. The zero-order valence-corrected chi connectivity index (χ0v) is 13.2. The molecule has 0 saturated carbocycles. The molecule has 0 radical (unpaired) electrons. The fraction of sp³-hybridized carbons (Fsp3) is 0.533. The molecule has 0 bridgehead atoms. The molecule has 0 N–H and O–H groups in total. The summed E-state index contributed by atoms with van der Waals surface area (Å²) in [5, 5.41) is 0. The number of nitrogens with zero attached hydrogens (tertiary/aromatic N) is 1. The summed E-state index contributed by atoms with van der Waals surface area (Å²) in [6, 6.07) is 6.30.